The normalized spacial score (nSPS) is 15.0. The van der Waals surface area contributed by atoms with Crippen LogP contribution < -0.4 is 0 Å². The van der Waals surface area contributed by atoms with Crippen molar-refractivity contribution in [2.75, 3.05) is 12.5 Å². The van der Waals surface area contributed by atoms with Crippen molar-refractivity contribution in [3.8, 4) is 0 Å². The molecule has 80 valence electrons. The monoisotopic (exact) mass is 226 g/mol. The van der Waals surface area contributed by atoms with Crippen LogP contribution in [0.4, 0.5) is 0 Å². The van der Waals surface area contributed by atoms with Gasteiger partial charge in [-0.2, -0.15) is 4.91 Å². The summed E-state index contributed by atoms with van der Waals surface area (Å²) in [5.41, 5.74) is 8.19. The average molecular weight is 226 g/mol. The van der Waals surface area contributed by atoms with Gasteiger partial charge in [-0.3, -0.25) is 0 Å². The lowest BCUT2D eigenvalue weighted by Crippen LogP contribution is -2.00. The van der Waals surface area contributed by atoms with E-state index in [0.717, 1.165) is 4.91 Å². The highest BCUT2D eigenvalue weighted by atomic mass is 32.2. The van der Waals surface area contributed by atoms with Gasteiger partial charge < -0.3 is 4.74 Å². The van der Waals surface area contributed by atoms with Crippen molar-refractivity contribution in [2.45, 2.75) is 6.92 Å². The van der Waals surface area contributed by atoms with E-state index >= 15 is 0 Å². The van der Waals surface area contributed by atoms with Crippen LogP contribution >= 0.6 is 11.8 Å². The second kappa shape index (κ2) is 6.00. The van der Waals surface area contributed by atoms with Crippen LogP contribution in [0.1, 0.15) is 6.92 Å². The first-order valence-electron chi connectivity index (χ1n) is 4.27. The van der Waals surface area contributed by atoms with Gasteiger partial charge in [0.2, 0.25) is 0 Å². The number of ether oxygens (including phenoxy) is 1. The summed E-state index contributed by atoms with van der Waals surface area (Å²) in [6.45, 7) is 2.11. The van der Waals surface area contributed by atoms with E-state index in [1.165, 1.54) is 22.8 Å². The van der Waals surface area contributed by atoms with Gasteiger partial charge in [0.25, 0.3) is 0 Å². The molecule has 6 nitrogen and oxygen atoms in total. The first kappa shape index (κ1) is 11.5. The molecule has 1 rings (SSSR count). The molecule has 0 aromatic rings. The standard InChI is InChI=1S/C8H10N4O2S/c1-2-14-8(13)4-3-7-5-12(6-15-7)11-10-9/h3-5H,2,6H2,1H3. The number of rotatable bonds is 4. The lowest BCUT2D eigenvalue weighted by Gasteiger charge is -1.95. The summed E-state index contributed by atoms with van der Waals surface area (Å²) in [7, 11) is 0. The van der Waals surface area contributed by atoms with Crippen LogP contribution in [-0.4, -0.2) is 23.5 Å². The van der Waals surface area contributed by atoms with E-state index in [-0.39, 0.29) is 5.97 Å². The van der Waals surface area contributed by atoms with Gasteiger partial charge in [-0.05, 0) is 18.2 Å². The number of hydrogen-bond acceptors (Lipinski definition) is 4. The fourth-order valence-corrected chi connectivity index (χ4v) is 1.66. The molecule has 1 aliphatic heterocycles. The van der Waals surface area contributed by atoms with Crippen molar-refractivity contribution in [2.24, 2.45) is 5.22 Å². The van der Waals surface area contributed by atoms with E-state index in [4.69, 9.17) is 10.3 Å². The van der Waals surface area contributed by atoms with Gasteiger partial charge in [-0.15, -0.1) is 5.53 Å². The maximum Gasteiger partial charge on any atom is 0.330 e. The van der Waals surface area contributed by atoms with Crippen LogP contribution in [0.25, 0.3) is 10.4 Å². The van der Waals surface area contributed by atoms with Crippen LogP contribution in [0.5, 0.6) is 0 Å². The van der Waals surface area contributed by atoms with Gasteiger partial charge in [0.15, 0.2) is 0 Å². The average Bonchev–Trinajstić information content (AvgIpc) is 2.64. The minimum Gasteiger partial charge on any atom is -0.463 e. The number of esters is 1. The number of allylic oxidation sites excluding steroid dienone is 1. The maximum absolute atomic E-state index is 11.0. The molecule has 0 saturated heterocycles. The van der Waals surface area contributed by atoms with Gasteiger partial charge in [0.05, 0.1) is 11.5 Å². The summed E-state index contributed by atoms with van der Waals surface area (Å²) in [5, 5.41) is 4.86. The van der Waals surface area contributed by atoms with E-state index in [0.29, 0.717) is 12.5 Å². The number of carbonyl (C=O) groups is 1. The van der Waals surface area contributed by atoms with Gasteiger partial charge >= 0.3 is 5.97 Å². The third kappa shape index (κ3) is 3.97. The number of thioether (sulfide) groups is 1. The highest BCUT2D eigenvalue weighted by Gasteiger charge is 2.13. The van der Waals surface area contributed by atoms with Crippen molar-refractivity contribution >= 4 is 17.7 Å². The molecule has 0 saturated carbocycles. The SMILES string of the molecule is CCOC(=O)C=CC1=CN(N=[N+]=[N-])CS1. The molecule has 0 fully saturated rings. The molecular formula is C8H10N4O2S. The van der Waals surface area contributed by atoms with Crippen LogP contribution in [0, 0.1) is 0 Å². The van der Waals surface area contributed by atoms with Gasteiger partial charge in [0.1, 0.15) is 12.1 Å². The Kier molecular flexibility index (Phi) is 4.59. The Labute approximate surface area is 91.2 Å². The Bertz CT molecular complexity index is 347. The van der Waals surface area contributed by atoms with Crippen molar-refractivity contribution < 1.29 is 9.53 Å². The van der Waals surface area contributed by atoms with Crippen molar-refractivity contribution in [1.29, 1.82) is 0 Å². The molecule has 0 aromatic heterocycles. The van der Waals surface area contributed by atoms with Crippen LogP contribution in [0.15, 0.2) is 28.5 Å². The topological polar surface area (TPSA) is 78.3 Å². The van der Waals surface area contributed by atoms with E-state index < -0.39 is 0 Å². The smallest absolute Gasteiger partial charge is 0.330 e. The fourth-order valence-electron chi connectivity index (χ4n) is 0.897. The minimum atomic E-state index is -0.374. The van der Waals surface area contributed by atoms with Gasteiger partial charge in [-0.25, -0.2) is 9.80 Å². The third-order valence-corrected chi connectivity index (χ3v) is 2.43. The zero-order valence-corrected chi connectivity index (χ0v) is 8.98. The highest BCUT2D eigenvalue weighted by molar-refractivity contribution is 8.03. The predicted octanol–water partition coefficient (Wildman–Crippen LogP) is 2.18. The Morgan fingerprint density at radius 2 is 2.73 bits per heavy atom. The molecule has 0 aliphatic carbocycles. The summed E-state index contributed by atoms with van der Waals surface area (Å²) in [6, 6.07) is 0. The Balaban J connectivity index is 2.49. The van der Waals surface area contributed by atoms with E-state index in [1.807, 2.05) is 0 Å². The quantitative estimate of drug-likeness (QED) is 0.242. The molecule has 0 aromatic carbocycles. The molecule has 15 heavy (non-hydrogen) atoms. The Morgan fingerprint density at radius 3 is 3.40 bits per heavy atom. The molecular weight excluding hydrogens is 216 g/mol. The van der Waals surface area contributed by atoms with E-state index in [9.17, 15) is 4.79 Å². The van der Waals surface area contributed by atoms with Crippen LogP contribution in [-0.2, 0) is 9.53 Å². The zero-order valence-electron chi connectivity index (χ0n) is 8.16. The second-order valence-corrected chi connectivity index (χ2v) is 3.53. The number of carbonyl (C=O) groups excluding carboxylic acids is 1. The van der Waals surface area contributed by atoms with Gasteiger partial charge in [0, 0.05) is 6.08 Å². The van der Waals surface area contributed by atoms with E-state index in [2.05, 4.69) is 10.1 Å². The molecule has 1 aliphatic rings. The predicted molar refractivity (Wildman–Crippen MR) is 57.3 cm³/mol. The molecule has 0 spiro atoms. The lowest BCUT2D eigenvalue weighted by molar-refractivity contribution is -0.137. The molecule has 1 heterocycles. The van der Waals surface area contributed by atoms with Gasteiger partial charge in [-0.1, -0.05) is 11.8 Å². The van der Waals surface area contributed by atoms with Crippen molar-refractivity contribution in [1.82, 2.24) is 5.01 Å². The molecule has 7 heteroatoms. The Morgan fingerprint density at radius 1 is 1.93 bits per heavy atom. The molecule has 0 radical (unpaired) electrons. The lowest BCUT2D eigenvalue weighted by atomic mass is 10.4. The maximum atomic E-state index is 11.0. The van der Waals surface area contributed by atoms with Crippen molar-refractivity contribution in [3.63, 3.8) is 0 Å². The minimum absolute atomic E-state index is 0.361. The Hall–Kier alpha value is -1.59. The summed E-state index contributed by atoms with van der Waals surface area (Å²) in [6.07, 6.45) is 4.65. The number of nitrogens with zero attached hydrogens (tertiary/aromatic N) is 4. The summed E-state index contributed by atoms with van der Waals surface area (Å²) >= 11 is 1.48. The molecule has 0 bridgehead atoms. The first-order chi connectivity index (χ1) is 7.26. The third-order valence-electron chi connectivity index (χ3n) is 1.46. The molecule has 0 atom stereocenters. The van der Waals surface area contributed by atoms with Crippen LogP contribution in [0.3, 0.4) is 0 Å². The largest absolute Gasteiger partial charge is 0.463 e. The van der Waals surface area contributed by atoms with E-state index in [1.54, 1.807) is 19.2 Å². The van der Waals surface area contributed by atoms with Crippen molar-refractivity contribution in [3.05, 3.63) is 33.7 Å². The molecule has 0 amide bonds. The fraction of sp³-hybridized carbons (Fsp3) is 0.375. The number of azide groups is 1. The number of hydrogen-bond donors (Lipinski definition) is 0. The zero-order chi connectivity index (χ0) is 11.1. The first-order valence-corrected chi connectivity index (χ1v) is 5.26. The summed E-state index contributed by atoms with van der Waals surface area (Å²) < 4.78 is 4.72. The summed E-state index contributed by atoms with van der Waals surface area (Å²) in [4.78, 5) is 14.5. The molecule has 0 unspecified atom stereocenters. The van der Waals surface area contributed by atoms with Crippen LogP contribution in [0.2, 0.25) is 0 Å². The molecule has 0 N–H and O–H groups in total. The summed E-state index contributed by atoms with van der Waals surface area (Å²) in [5.74, 6) is 0.188. The highest BCUT2D eigenvalue weighted by Crippen LogP contribution is 2.26. The second-order valence-electron chi connectivity index (χ2n) is 2.51.